The van der Waals surface area contributed by atoms with Gasteiger partial charge in [0.15, 0.2) is 12.4 Å². The maximum Gasteiger partial charge on any atom is 0.306 e. The van der Waals surface area contributed by atoms with Gasteiger partial charge in [0.05, 0.1) is 13.2 Å². The first-order valence-corrected chi connectivity index (χ1v) is 26.1. The number of esters is 2. The average molecular weight is 893 g/mol. The number of hydrogen-bond donors (Lipinski definition) is 4. The van der Waals surface area contributed by atoms with Crippen LogP contribution in [0, 0.1) is 0 Å². The molecule has 0 aromatic carbocycles. The van der Waals surface area contributed by atoms with Gasteiger partial charge in [0.25, 0.3) is 0 Å². The molecule has 0 bridgehead atoms. The number of carbonyl (C=O) groups is 2. The van der Waals surface area contributed by atoms with Crippen LogP contribution >= 0.6 is 0 Å². The minimum Gasteiger partial charge on any atom is -0.462 e. The molecule has 4 N–H and O–H groups in total. The van der Waals surface area contributed by atoms with E-state index in [4.69, 9.17) is 18.9 Å². The zero-order valence-corrected chi connectivity index (χ0v) is 40.3. The van der Waals surface area contributed by atoms with E-state index in [1.807, 2.05) is 6.08 Å². The van der Waals surface area contributed by atoms with Gasteiger partial charge in [-0.1, -0.05) is 198 Å². The van der Waals surface area contributed by atoms with Gasteiger partial charge in [-0.15, -0.1) is 0 Å². The number of allylic oxidation sites excluding steroid dienone is 6. The summed E-state index contributed by atoms with van der Waals surface area (Å²) in [5.74, 6) is -0.906. The molecule has 0 aliphatic carbocycles. The Balaban J connectivity index is 2.28. The van der Waals surface area contributed by atoms with Gasteiger partial charge < -0.3 is 39.4 Å². The molecule has 0 saturated carbocycles. The fourth-order valence-electron chi connectivity index (χ4n) is 7.87. The molecule has 1 aliphatic rings. The first-order valence-electron chi connectivity index (χ1n) is 26.1. The summed E-state index contributed by atoms with van der Waals surface area (Å²) < 4.78 is 22.1. The van der Waals surface area contributed by atoms with Crippen molar-refractivity contribution in [1.29, 1.82) is 0 Å². The Morgan fingerprint density at radius 2 is 0.889 bits per heavy atom. The van der Waals surface area contributed by atoms with E-state index in [2.05, 4.69) is 44.2 Å². The molecule has 0 radical (unpaired) electrons. The zero-order chi connectivity index (χ0) is 45.9. The summed E-state index contributed by atoms with van der Waals surface area (Å²) in [4.78, 5) is 25.4. The molecule has 0 spiro atoms. The van der Waals surface area contributed by atoms with Gasteiger partial charge >= 0.3 is 11.9 Å². The summed E-state index contributed by atoms with van der Waals surface area (Å²) in [6, 6.07) is 0. The van der Waals surface area contributed by atoms with Gasteiger partial charge in [-0.05, 0) is 57.8 Å². The largest absolute Gasteiger partial charge is 0.462 e. The van der Waals surface area contributed by atoms with Gasteiger partial charge in [0.1, 0.15) is 31.0 Å². The monoisotopic (exact) mass is 893 g/mol. The maximum atomic E-state index is 12.8. The average Bonchev–Trinajstić information content (AvgIpc) is 3.28. The normalized spacial score (nSPS) is 19.7. The zero-order valence-electron chi connectivity index (χ0n) is 40.3. The third kappa shape index (κ3) is 34.9. The van der Waals surface area contributed by atoms with E-state index in [9.17, 15) is 30.0 Å². The number of rotatable bonds is 44. The van der Waals surface area contributed by atoms with E-state index in [1.54, 1.807) is 0 Å². The van der Waals surface area contributed by atoms with Gasteiger partial charge in [-0.25, -0.2) is 0 Å². The number of aliphatic hydroxyl groups is 4. The highest BCUT2D eigenvalue weighted by molar-refractivity contribution is 5.70. The molecule has 368 valence electrons. The lowest BCUT2D eigenvalue weighted by molar-refractivity contribution is -0.305. The lowest BCUT2D eigenvalue weighted by Crippen LogP contribution is -2.59. The molecule has 1 aliphatic heterocycles. The third-order valence-corrected chi connectivity index (χ3v) is 12.0. The quantitative estimate of drug-likeness (QED) is 0.0264. The summed E-state index contributed by atoms with van der Waals surface area (Å²) in [6.07, 6.45) is 44.7. The van der Waals surface area contributed by atoms with Gasteiger partial charge in [0, 0.05) is 12.8 Å². The molecule has 6 atom stereocenters. The first kappa shape index (κ1) is 58.9. The van der Waals surface area contributed by atoms with Crippen molar-refractivity contribution in [2.75, 3.05) is 19.8 Å². The Morgan fingerprint density at radius 1 is 0.476 bits per heavy atom. The van der Waals surface area contributed by atoms with Crippen molar-refractivity contribution >= 4 is 11.9 Å². The second kappa shape index (κ2) is 43.8. The summed E-state index contributed by atoms with van der Waals surface area (Å²) in [5.41, 5.74) is 0. The molecule has 0 aromatic rings. The second-order valence-corrected chi connectivity index (χ2v) is 18.0. The van der Waals surface area contributed by atoms with E-state index in [0.29, 0.717) is 12.8 Å². The SMILES string of the molecule is CCCCCCCCCCCCC/C=C/CCC(=O)O[C@@H](COC(=O)CCC/C=C/CC/C=C/CCCCCCCCCCCCCCCC)CO[C@H]1O[C@@H](CO)[C@@H](O)C(O)C1O. The lowest BCUT2D eigenvalue weighted by Gasteiger charge is -2.39. The molecule has 1 saturated heterocycles. The minimum absolute atomic E-state index is 0.140. The molecular formula is C53H96O10. The second-order valence-electron chi connectivity index (χ2n) is 18.0. The van der Waals surface area contributed by atoms with Crippen LogP contribution < -0.4 is 0 Å². The van der Waals surface area contributed by atoms with Crippen molar-refractivity contribution in [2.24, 2.45) is 0 Å². The molecule has 1 fully saturated rings. The van der Waals surface area contributed by atoms with Crippen LogP contribution in [0.25, 0.3) is 0 Å². The smallest absolute Gasteiger partial charge is 0.306 e. The minimum atomic E-state index is -1.61. The number of aliphatic hydroxyl groups excluding tert-OH is 4. The molecule has 0 aromatic heterocycles. The van der Waals surface area contributed by atoms with Crippen molar-refractivity contribution in [2.45, 2.75) is 269 Å². The first-order chi connectivity index (χ1) is 30.8. The summed E-state index contributed by atoms with van der Waals surface area (Å²) in [7, 11) is 0. The van der Waals surface area contributed by atoms with Crippen LogP contribution in [-0.4, -0.2) is 89.0 Å². The number of carbonyl (C=O) groups excluding carboxylic acids is 2. The molecular weight excluding hydrogens is 797 g/mol. The van der Waals surface area contributed by atoms with Crippen LogP contribution in [-0.2, 0) is 28.5 Å². The molecule has 0 amide bonds. The Kier molecular flexibility index (Phi) is 41.0. The Morgan fingerprint density at radius 3 is 1.35 bits per heavy atom. The maximum absolute atomic E-state index is 12.8. The Labute approximate surface area is 385 Å². The van der Waals surface area contributed by atoms with Crippen molar-refractivity contribution in [3.8, 4) is 0 Å². The van der Waals surface area contributed by atoms with Crippen molar-refractivity contribution in [3.05, 3.63) is 36.5 Å². The lowest BCUT2D eigenvalue weighted by atomic mass is 9.99. The molecule has 2 unspecified atom stereocenters. The van der Waals surface area contributed by atoms with E-state index in [0.717, 1.165) is 38.5 Å². The molecule has 63 heavy (non-hydrogen) atoms. The fourth-order valence-corrected chi connectivity index (χ4v) is 7.87. The van der Waals surface area contributed by atoms with Crippen LogP contribution in [0.4, 0.5) is 0 Å². The van der Waals surface area contributed by atoms with Crippen LogP contribution in [0.15, 0.2) is 36.5 Å². The van der Waals surface area contributed by atoms with Crippen LogP contribution in [0.5, 0.6) is 0 Å². The predicted molar refractivity (Wildman–Crippen MR) is 256 cm³/mol. The number of unbranched alkanes of at least 4 members (excludes halogenated alkanes) is 27. The summed E-state index contributed by atoms with van der Waals surface area (Å²) in [6.45, 7) is 3.38. The highest BCUT2D eigenvalue weighted by atomic mass is 16.7. The van der Waals surface area contributed by atoms with Gasteiger partial charge in [0.2, 0.25) is 0 Å². The molecule has 10 heteroatoms. The predicted octanol–water partition coefficient (Wildman–Crippen LogP) is 12.2. The van der Waals surface area contributed by atoms with Crippen LogP contribution in [0.1, 0.15) is 232 Å². The Hall–Kier alpha value is -2.08. The molecule has 10 nitrogen and oxygen atoms in total. The van der Waals surface area contributed by atoms with Crippen molar-refractivity contribution in [1.82, 2.24) is 0 Å². The van der Waals surface area contributed by atoms with E-state index in [-0.39, 0.29) is 26.1 Å². The van der Waals surface area contributed by atoms with E-state index < -0.39 is 55.4 Å². The summed E-state index contributed by atoms with van der Waals surface area (Å²) in [5, 5.41) is 40.2. The highest BCUT2D eigenvalue weighted by Gasteiger charge is 2.44. The van der Waals surface area contributed by atoms with E-state index in [1.165, 1.54) is 154 Å². The van der Waals surface area contributed by atoms with Crippen LogP contribution in [0.2, 0.25) is 0 Å². The Bertz CT molecular complexity index is 1120. The molecule has 1 heterocycles. The van der Waals surface area contributed by atoms with Crippen LogP contribution in [0.3, 0.4) is 0 Å². The van der Waals surface area contributed by atoms with Gasteiger partial charge in [-0.2, -0.15) is 0 Å². The third-order valence-electron chi connectivity index (χ3n) is 12.0. The highest BCUT2D eigenvalue weighted by Crippen LogP contribution is 2.23. The number of hydrogen-bond acceptors (Lipinski definition) is 10. The van der Waals surface area contributed by atoms with Gasteiger partial charge in [-0.3, -0.25) is 9.59 Å². The summed E-state index contributed by atoms with van der Waals surface area (Å²) >= 11 is 0. The molecule has 1 rings (SSSR count). The number of ether oxygens (including phenoxy) is 4. The van der Waals surface area contributed by atoms with E-state index >= 15 is 0 Å². The van der Waals surface area contributed by atoms with Crippen molar-refractivity contribution < 1.29 is 49.0 Å². The standard InChI is InChI=1S/C53H96O10/c1-3-5-7-9-11-13-15-17-19-20-21-22-23-24-25-26-28-29-31-33-35-37-39-41-48(55)60-44-46(45-61-53-52(59)51(58)50(57)47(43-54)63-53)62-49(56)42-40-38-36-34-32-30-27-18-16-14-12-10-8-6-4-2/h26,28,33,35-36,38,46-47,50-54,57-59H,3-25,27,29-32,34,37,39-45H2,1-2H3/b28-26+,35-33+,38-36+/t46-,47-,50+,51?,52?,53-/m0/s1. The van der Waals surface area contributed by atoms with Crippen molar-refractivity contribution in [3.63, 3.8) is 0 Å². The topological polar surface area (TPSA) is 152 Å². The fraction of sp³-hybridized carbons (Fsp3) is 0.849.